The topological polar surface area (TPSA) is 63.8 Å². The van der Waals surface area contributed by atoms with Gasteiger partial charge in [0.05, 0.1) is 0 Å². The van der Waals surface area contributed by atoms with E-state index in [1.54, 1.807) is 6.33 Å². The first kappa shape index (κ1) is 14.1. The van der Waals surface area contributed by atoms with Gasteiger partial charge in [0.2, 0.25) is 0 Å². The number of nitrogens with one attached hydrogen (secondary N) is 1. The van der Waals surface area contributed by atoms with Crippen molar-refractivity contribution in [2.75, 3.05) is 11.1 Å². The lowest BCUT2D eigenvalue weighted by atomic mass is 9.75. The number of nitrogen functional groups attached to an aromatic ring is 1. The molecule has 0 spiro atoms. The predicted octanol–water partition coefficient (Wildman–Crippen LogP) is 3.39. The Balaban J connectivity index is 2.05. The molecule has 1 aromatic rings. The quantitative estimate of drug-likeness (QED) is 0.873. The predicted molar refractivity (Wildman–Crippen MR) is 80.1 cm³/mol. The van der Waals surface area contributed by atoms with Crippen molar-refractivity contribution in [2.24, 2.45) is 5.41 Å². The zero-order chi connectivity index (χ0) is 13.9. The van der Waals surface area contributed by atoms with Crippen molar-refractivity contribution < 1.29 is 0 Å². The Morgan fingerprint density at radius 1 is 1.32 bits per heavy atom. The molecule has 3 N–H and O–H groups in total. The van der Waals surface area contributed by atoms with Gasteiger partial charge in [-0.2, -0.15) is 0 Å². The summed E-state index contributed by atoms with van der Waals surface area (Å²) in [6.07, 6.45) is 8.52. The number of hydrogen-bond acceptors (Lipinski definition) is 4. The Hall–Kier alpha value is -1.32. The maximum atomic E-state index is 5.96. The van der Waals surface area contributed by atoms with E-state index in [1.165, 1.54) is 25.7 Å². The van der Waals surface area contributed by atoms with Crippen LogP contribution in [0.4, 0.5) is 11.6 Å². The van der Waals surface area contributed by atoms with Crippen LogP contribution in [0.3, 0.4) is 0 Å². The maximum absolute atomic E-state index is 5.96. The van der Waals surface area contributed by atoms with Gasteiger partial charge in [0.1, 0.15) is 18.0 Å². The fourth-order valence-corrected chi connectivity index (χ4v) is 2.78. The molecule has 0 aliphatic heterocycles. The van der Waals surface area contributed by atoms with Crippen molar-refractivity contribution in [3.05, 3.63) is 11.9 Å². The summed E-state index contributed by atoms with van der Waals surface area (Å²) in [5.41, 5.74) is 7.54. The molecule has 0 aromatic carbocycles. The Kier molecular flexibility index (Phi) is 4.27. The molecular formula is C15H26N4. The minimum atomic E-state index is 0.495. The van der Waals surface area contributed by atoms with Crippen LogP contribution in [0.15, 0.2) is 6.33 Å². The summed E-state index contributed by atoms with van der Waals surface area (Å²) < 4.78 is 0. The Morgan fingerprint density at radius 2 is 2.00 bits per heavy atom. The lowest BCUT2D eigenvalue weighted by Gasteiger charge is -2.35. The van der Waals surface area contributed by atoms with E-state index >= 15 is 0 Å². The van der Waals surface area contributed by atoms with E-state index in [4.69, 9.17) is 5.73 Å². The molecule has 0 unspecified atom stereocenters. The van der Waals surface area contributed by atoms with E-state index < -0.39 is 0 Å². The normalized spacial score (nSPS) is 19.3. The standard InChI is InChI=1S/C15H26N4/c1-4-5-12-13(16)17-10-18-14(12)19-11-6-8-15(2,3)9-7-11/h10-11H,4-9H2,1-3H3,(H3,16,17,18,19). The summed E-state index contributed by atoms with van der Waals surface area (Å²) in [6.45, 7) is 6.86. The minimum Gasteiger partial charge on any atom is -0.383 e. The number of hydrogen-bond donors (Lipinski definition) is 2. The van der Waals surface area contributed by atoms with Gasteiger partial charge < -0.3 is 11.1 Å². The van der Waals surface area contributed by atoms with Gasteiger partial charge in [-0.3, -0.25) is 0 Å². The van der Waals surface area contributed by atoms with E-state index in [0.717, 1.165) is 24.2 Å². The molecule has 106 valence electrons. The van der Waals surface area contributed by atoms with Crippen LogP contribution >= 0.6 is 0 Å². The Bertz CT molecular complexity index is 418. The zero-order valence-electron chi connectivity index (χ0n) is 12.4. The van der Waals surface area contributed by atoms with E-state index in [9.17, 15) is 0 Å². The highest BCUT2D eigenvalue weighted by Crippen LogP contribution is 2.36. The first-order valence-corrected chi connectivity index (χ1v) is 7.38. The molecule has 2 rings (SSSR count). The maximum Gasteiger partial charge on any atom is 0.134 e. The number of aromatic nitrogens is 2. The molecule has 1 aromatic heterocycles. The van der Waals surface area contributed by atoms with E-state index in [2.05, 4.69) is 36.1 Å². The first-order valence-electron chi connectivity index (χ1n) is 7.38. The van der Waals surface area contributed by atoms with Gasteiger partial charge in [-0.1, -0.05) is 27.2 Å². The van der Waals surface area contributed by atoms with Gasteiger partial charge in [0.25, 0.3) is 0 Å². The SMILES string of the molecule is CCCc1c(N)ncnc1NC1CCC(C)(C)CC1. The summed E-state index contributed by atoms with van der Waals surface area (Å²) in [6, 6.07) is 0.526. The van der Waals surface area contributed by atoms with Gasteiger partial charge in [-0.15, -0.1) is 0 Å². The lowest BCUT2D eigenvalue weighted by Crippen LogP contribution is -2.30. The van der Waals surface area contributed by atoms with Gasteiger partial charge in [0.15, 0.2) is 0 Å². The van der Waals surface area contributed by atoms with Crippen molar-refractivity contribution in [2.45, 2.75) is 65.3 Å². The molecule has 0 amide bonds. The largest absolute Gasteiger partial charge is 0.383 e. The average Bonchev–Trinajstić information content (AvgIpc) is 2.36. The first-order chi connectivity index (χ1) is 9.02. The van der Waals surface area contributed by atoms with Crippen LogP contribution in [0.5, 0.6) is 0 Å². The van der Waals surface area contributed by atoms with E-state index in [0.29, 0.717) is 17.3 Å². The summed E-state index contributed by atoms with van der Waals surface area (Å²) in [4.78, 5) is 8.49. The van der Waals surface area contributed by atoms with Crippen LogP contribution in [-0.4, -0.2) is 16.0 Å². The van der Waals surface area contributed by atoms with Crippen molar-refractivity contribution in [3.63, 3.8) is 0 Å². The number of nitrogens with two attached hydrogens (primary N) is 1. The summed E-state index contributed by atoms with van der Waals surface area (Å²) in [5.74, 6) is 1.56. The highest BCUT2D eigenvalue weighted by atomic mass is 15.1. The molecule has 0 radical (unpaired) electrons. The highest BCUT2D eigenvalue weighted by Gasteiger charge is 2.27. The van der Waals surface area contributed by atoms with Crippen molar-refractivity contribution in [3.8, 4) is 0 Å². The van der Waals surface area contributed by atoms with Crippen LogP contribution in [0.2, 0.25) is 0 Å². The molecule has 0 bridgehead atoms. The number of rotatable bonds is 4. The molecule has 0 saturated heterocycles. The fraction of sp³-hybridized carbons (Fsp3) is 0.733. The molecule has 1 aliphatic rings. The molecule has 0 atom stereocenters. The van der Waals surface area contributed by atoms with Crippen LogP contribution in [0, 0.1) is 5.41 Å². The van der Waals surface area contributed by atoms with Crippen molar-refractivity contribution >= 4 is 11.6 Å². The average molecular weight is 262 g/mol. The summed E-state index contributed by atoms with van der Waals surface area (Å²) >= 11 is 0. The minimum absolute atomic E-state index is 0.495. The van der Waals surface area contributed by atoms with Gasteiger partial charge in [-0.25, -0.2) is 9.97 Å². The third-order valence-corrected chi connectivity index (χ3v) is 4.16. The smallest absolute Gasteiger partial charge is 0.134 e. The van der Waals surface area contributed by atoms with Crippen LogP contribution in [0.25, 0.3) is 0 Å². The van der Waals surface area contributed by atoms with Crippen molar-refractivity contribution in [1.82, 2.24) is 9.97 Å². The zero-order valence-corrected chi connectivity index (χ0v) is 12.4. The fourth-order valence-electron chi connectivity index (χ4n) is 2.78. The second-order valence-corrected chi connectivity index (χ2v) is 6.42. The molecule has 1 aliphatic carbocycles. The molecule has 1 fully saturated rings. The molecule has 1 heterocycles. The summed E-state index contributed by atoms with van der Waals surface area (Å²) in [5, 5.41) is 3.58. The van der Waals surface area contributed by atoms with Gasteiger partial charge in [0, 0.05) is 11.6 Å². The van der Waals surface area contributed by atoms with Crippen LogP contribution < -0.4 is 11.1 Å². The van der Waals surface area contributed by atoms with Gasteiger partial charge in [-0.05, 0) is 37.5 Å². The monoisotopic (exact) mass is 262 g/mol. The van der Waals surface area contributed by atoms with E-state index in [1.807, 2.05) is 0 Å². The second-order valence-electron chi connectivity index (χ2n) is 6.42. The third kappa shape index (κ3) is 3.58. The Labute approximate surface area is 116 Å². The van der Waals surface area contributed by atoms with Gasteiger partial charge >= 0.3 is 0 Å². The van der Waals surface area contributed by atoms with E-state index in [-0.39, 0.29) is 0 Å². The highest BCUT2D eigenvalue weighted by molar-refractivity contribution is 5.55. The van der Waals surface area contributed by atoms with Crippen molar-refractivity contribution in [1.29, 1.82) is 0 Å². The number of anilines is 2. The number of nitrogens with zero attached hydrogens (tertiary/aromatic N) is 2. The molecular weight excluding hydrogens is 236 g/mol. The molecule has 4 nitrogen and oxygen atoms in total. The molecule has 4 heteroatoms. The lowest BCUT2D eigenvalue weighted by molar-refractivity contribution is 0.232. The Morgan fingerprint density at radius 3 is 2.63 bits per heavy atom. The second kappa shape index (κ2) is 5.76. The molecule has 1 saturated carbocycles. The summed E-state index contributed by atoms with van der Waals surface area (Å²) in [7, 11) is 0. The third-order valence-electron chi connectivity index (χ3n) is 4.16. The van der Waals surface area contributed by atoms with Crippen LogP contribution in [0.1, 0.15) is 58.4 Å². The molecule has 19 heavy (non-hydrogen) atoms. The van der Waals surface area contributed by atoms with Crippen LogP contribution in [-0.2, 0) is 6.42 Å².